The standard InChI is InChI=1S/C20H22N2O2/c1-14-7-2-4-10-16(14)20(24)21-13-19(23)22-18-12-6-9-15-8-3-5-11-17(15)18/h2-5,7-8,10-11,18H,6,9,12-13H2,1H3,(H,21,24)(H,22,23)/t18-/m0/s1. The van der Waals surface area contributed by atoms with E-state index in [1.54, 1.807) is 6.07 Å². The van der Waals surface area contributed by atoms with Gasteiger partial charge in [0.25, 0.3) is 5.91 Å². The highest BCUT2D eigenvalue weighted by atomic mass is 16.2. The number of nitrogens with one attached hydrogen (secondary N) is 2. The fraction of sp³-hybridized carbons (Fsp3) is 0.300. The van der Waals surface area contributed by atoms with E-state index in [2.05, 4.69) is 22.8 Å². The third-order valence-corrected chi connectivity index (χ3v) is 4.50. The molecule has 0 spiro atoms. The van der Waals surface area contributed by atoms with Crippen molar-refractivity contribution in [1.82, 2.24) is 10.6 Å². The molecule has 0 saturated carbocycles. The van der Waals surface area contributed by atoms with Crippen LogP contribution in [0.2, 0.25) is 0 Å². The maximum atomic E-state index is 12.2. The first kappa shape index (κ1) is 16.2. The van der Waals surface area contributed by atoms with Crippen LogP contribution < -0.4 is 10.6 Å². The second-order valence-corrected chi connectivity index (χ2v) is 6.21. The SMILES string of the molecule is Cc1ccccc1C(=O)NCC(=O)N[C@H]1CCCc2ccccc21. The van der Waals surface area contributed by atoms with E-state index in [0.717, 1.165) is 24.8 Å². The molecule has 2 aromatic rings. The molecular weight excluding hydrogens is 300 g/mol. The minimum atomic E-state index is -0.215. The summed E-state index contributed by atoms with van der Waals surface area (Å²) in [6.07, 6.45) is 3.07. The van der Waals surface area contributed by atoms with Gasteiger partial charge in [-0.1, -0.05) is 42.5 Å². The van der Waals surface area contributed by atoms with Crippen LogP contribution >= 0.6 is 0 Å². The Hall–Kier alpha value is -2.62. The zero-order valence-corrected chi connectivity index (χ0v) is 13.8. The second kappa shape index (κ2) is 7.30. The van der Waals surface area contributed by atoms with E-state index >= 15 is 0 Å². The van der Waals surface area contributed by atoms with E-state index < -0.39 is 0 Å². The lowest BCUT2D eigenvalue weighted by Gasteiger charge is -2.26. The molecule has 0 fully saturated rings. The second-order valence-electron chi connectivity index (χ2n) is 6.21. The zero-order valence-electron chi connectivity index (χ0n) is 13.8. The Bertz CT molecular complexity index is 755. The quantitative estimate of drug-likeness (QED) is 0.909. The summed E-state index contributed by atoms with van der Waals surface area (Å²) >= 11 is 0. The van der Waals surface area contributed by atoms with Gasteiger partial charge in [-0.25, -0.2) is 0 Å². The highest BCUT2D eigenvalue weighted by molar-refractivity contribution is 5.97. The smallest absolute Gasteiger partial charge is 0.251 e. The van der Waals surface area contributed by atoms with Crippen molar-refractivity contribution in [2.45, 2.75) is 32.2 Å². The first-order valence-electron chi connectivity index (χ1n) is 8.36. The number of carbonyl (C=O) groups excluding carboxylic acids is 2. The molecular formula is C20H22N2O2. The van der Waals surface area contributed by atoms with Gasteiger partial charge in [0.1, 0.15) is 0 Å². The lowest BCUT2D eigenvalue weighted by atomic mass is 9.88. The van der Waals surface area contributed by atoms with Gasteiger partial charge in [-0.3, -0.25) is 9.59 Å². The van der Waals surface area contributed by atoms with E-state index in [1.807, 2.05) is 37.3 Å². The average molecular weight is 322 g/mol. The molecule has 4 nitrogen and oxygen atoms in total. The lowest BCUT2D eigenvalue weighted by molar-refractivity contribution is -0.121. The van der Waals surface area contributed by atoms with Crippen molar-refractivity contribution in [3.05, 3.63) is 70.8 Å². The Kier molecular flexibility index (Phi) is 4.94. The van der Waals surface area contributed by atoms with Crippen molar-refractivity contribution in [3.63, 3.8) is 0 Å². The molecule has 0 aliphatic heterocycles. The van der Waals surface area contributed by atoms with Crippen molar-refractivity contribution >= 4 is 11.8 Å². The van der Waals surface area contributed by atoms with E-state index in [4.69, 9.17) is 0 Å². The number of hydrogen-bond acceptors (Lipinski definition) is 2. The molecule has 1 aliphatic carbocycles. The number of amides is 2. The predicted octanol–water partition coefficient (Wildman–Crippen LogP) is 2.92. The maximum absolute atomic E-state index is 12.2. The van der Waals surface area contributed by atoms with Crippen LogP contribution in [0.5, 0.6) is 0 Å². The van der Waals surface area contributed by atoms with Crippen LogP contribution in [0.4, 0.5) is 0 Å². The van der Waals surface area contributed by atoms with Crippen LogP contribution in [0, 0.1) is 6.92 Å². The summed E-state index contributed by atoms with van der Waals surface area (Å²) in [5.41, 5.74) is 4.00. The summed E-state index contributed by atoms with van der Waals surface area (Å²) in [5, 5.41) is 5.74. The number of benzene rings is 2. The summed E-state index contributed by atoms with van der Waals surface area (Å²) in [7, 11) is 0. The molecule has 124 valence electrons. The van der Waals surface area contributed by atoms with Crippen molar-refractivity contribution < 1.29 is 9.59 Å². The van der Waals surface area contributed by atoms with Crippen molar-refractivity contribution in [2.24, 2.45) is 0 Å². The minimum absolute atomic E-state index is 0.00810. The number of hydrogen-bond donors (Lipinski definition) is 2. The Morgan fingerprint density at radius 2 is 1.83 bits per heavy atom. The molecule has 0 bridgehead atoms. The van der Waals surface area contributed by atoms with Crippen LogP contribution in [0.25, 0.3) is 0 Å². The number of rotatable bonds is 4. The average Bonchev–Trinajstić information content (AvgIpc) is 2.60. The summed E-state index contributed by atoms with van der Waals surface area (Å²) in [6.45, 7) is 1.87. The lowest BCUT2D eigenvalue weighted by Crippen LogP contribution is -2.39. The zero-order chi connectivity index (χ0) is 16.9. The van der Waals surface area contributed by atoms with Gasteiger partial charge in [0, 0.05) is 5.56 Å². The van der Waals surface area contributed by atoms with Crippen LogP contribution in [0.15, 0.2) is 48.5 Å². The van der Waals surface area contributed by atoms with Crippen molar-refractivity contribution in [2.75, 3.05) is 6.54 Å². The van der Waals surface area contributed by atoms with E-state index in [1.165, 1.54) is 11.1 Å². The number of aryl methyl sites for hydroxylation is 2. The van der Waals surface area contributed by atoms with Crippen molar-refractivity contribution in [3.8, 4) is 0 Å². The largest absolute Gasteiger partial charge is 0.348 e. The third-order valence-electron chi connectivity index (χ3n) is 4.50. The first-order valence-corrected chi connectivity index (χ1v) is 8.36. The van der Waals surface area contributed by atoms with Crippen molar-refractivity contribution in [1.29, 1.82) is 0 Å². The molecule has 3 rings (SSSR count). The van der Waals surface area contributed by atoms with E-state index in [0.29, 0.717) is 5.56 Å². The van der Waals surface area contributed by atoms with Gasteiger partial charge in [0.05, 0.1) is 12.6 Å². The van der Waals surface area contributed by atoms with Gasteiger partial charge in [-0.2, -0.15) is 0 Å². The molecule has 0 unspecified atom stereocenters. The molecule has 4 heteroatoms. The van der Waals surface area contributed by atoms with Gasteiger partial charge >= 0.3 is 0 Å². The predicted molar refractivity (Wildman–Crippen MR) is 93.8 cm³/mol. The highest BCUT2D eigenvalue weighted by Crippen LogP contribution is 2.29. The Balaban J connectivity index is 1.57. The summed E-state index contributed by atoms with van der Waals surface area (Å²) in [6, 6.07) is 15.6. The molecule has 0 radical (unpaired) electrons. The van der Waals surface area contributed by atoms with Crippen LogP contribution in [-0.2, 0) is 11.2 Å². The monoisotopic (exact) mass is 322 g/mol. The summed E-state index contributed by atoms with van der Waals surface area (Å²) in [4.78, 5) is 24.4. The Morgan fingerprint density at radius 3 is 2.67 bits per heavy atom. The normalized spacial score (nSPS) is 16.1. The molecule has 1 atom stereocenters. The molecule has 2 N–H and O–H groups in total. The van der Waals surface area contributed by atoms with E-state index in [9.17, 15) is 9.59 Å². The van der Waals surface area contributed by atoms with E-state index in [-0.39, 0.29) is 24.4 Å². The fourth-order valence-electron chi connectivity index (χ4n) is 3.23. The maximum Gasteiger partial charge on any atom is 0.251 e. The number of fused-ring (bicyclic) bond motifs is 1. The minimum Gasteiger partial charge on any atom is -0.348 e. The fourth-order valence-corrected chi connectivity index (χ4v) is 3.23. The van der Waals surface area contributed by atoms with Crippen LogP contribution in [0.1, 0.15) is 45.9 Å². The molecule has 2 aromatic carbocycles. The Morgan fingerprint density at radius 1 is 1.08 bits per heavy atom. The molecule has 2 amide bonds. The highest BCUT2D eigenvalue weighted by Gasteiger charge is 2.21. The molecule has 1 aliphatic rings. The van der Waals surface area contributed by atoms with Gasteiger partial charge < -0.3 is 10.6 Å². The number of carbonyl (C=O) groups is 2. The Labute approximate surface area is 142 Å². The van der Waals surface area contributed by atoms with Gasteiger partial charge in [-0.15, -0.1) is 0 Å². The van der Waals surface area contributed by atoms with Gasteiger partial charge in [0.2, 0.25) is 5.91 Å². The first-order chi connectivity index (χ1) is 11.6. The summed E-state index contributed by atoms with van der Waals surface area (Å²) < 4.78 is 0. The third kappa shape index (κ3) is 3.65. The topological polar surface area (TPSA) is 58.2 Å². The van der Waals surface area contributed by atoms with Crippen LogP contribution in [-0.4, -0.2) is 18.4 Å². The van der Waals surface area contributed by atoms with Crippen LogP contribution in [0.3, 0.4) is 0 Å². The molecule has 24 heavy (non-hydrogen) atoms. The summed E-state index contributed by atoms with van der Waals surface area (Å²) in [5.74, 6) is -0.370. The molecule has 0 aromatic heterocycles. The van der Waals surface area contributed by atoms with Gasteiger partial charge in [0.15, 0.2) is 0 Å². The molecule has 0 saturated heterocycles. The van der Waals surface area contributed by atoms with Gasteiger partial charge in [-0.05, 0) is 48.9 Å². The molecule has 0 heterocycles.